The Morgan fingerprint density at radius 2 is 2.12 bits per heavy atom. The molecule has 0 aliphatic heterocycles. The highest BCUT2D eigenvalue weighted by molar-refractivity contribution is 7.99. The first-order chi connectivity index (χ1) is 8.17. The number of thioether (sulfide) groups is 1. The zero-order valence-corrected chi connectivity index (χ0v) is 10.5. The van der Waals surface area contributed by atoms with Crippen molar-refractivity contribution in [2.24, 2.45) is 5.73 Å². The first kappa shape index (κ1) is 14.0. The number of ether oxygens (including phenoxy) is 1. The predicted octanol–water partition coefficient (Wildman–Crippen LogP) is 2.12. The van der Waals surface area contributed by atoms with Crippen LogP contribution in [0.2, 0.25) is 0 Å². The number of hydrogen-bond acceptors (Lipinski definition) is 4. The van der Waals surface area contributed by atoms with Crippen LogP contribution in [-0.4, -0.2) is 25.4 Å². The van der Waals surface area contributed by atoms with Crippen molar-refractivity contribution in [2.45, 2.75) is 11.7 Å². The molecule has 94 valence electrons. The lowest BCUT2D eigenvalue weighted by Crippen LogP contribution is -2.11. The fourth-order valence-corrected chi connectivity index (χ4v) is 2.42. The molecular weight excluding hydrogens is 241 g/mol. The Morgan fingerprint density at radius 3 is 2.65 bits per heavy atom. The van der Waals surface area contributed by atoms with Gasteiger partial charge in [-0.05, 0) is 17.7 Å². The molecule has 1 rings (SSSR count). The maximum absolute atomic E-state index is 12.8. The quantitative estimate of drug-likeness (QED) is 0.793. The van der Waals surface area contributed by atoms with Crippen LogP contribution in [0.4, 0.5) is 4.39 Å². The molecule has 0 saturated carbocycles. The zero-order valence-electron chi connectivity index (χ0n) is 9.69. The minimum absolute atomic E-state index is 0.0836. The molecule has 0 heterocycles. The van der Waals surface area contributed by atoms with E-state index in [9.17, 15) is 9.18 Å². The maximum atomic E-state index is 12.8. The molecule has 0 fully saturated rings. The predicted molar refractivity (Wildman–Crippen MR) is 67.3 cm³/mol. The van der Waals surface area contributed by atoms with Crippen LogP contribution in [0.5, 0.6) is 0 Å². The van der Waals surface area contributed by atoms with E-state index in [2.05, 4.69) is 4.74 Å². The minimum atomic E-state index is -0.260. The summed E-state index contributed by atoms with van der Waals surface area (Å²) < 4.78 is 17.3. The monoisotopic (exact) mass is 257 g/mol. The van der Waals surface area contributed by atoms with Crippen molar-refractivity contribution in [3.63, 3.8) is 0 Å². The van der Waals surface area contributed by atoms with Crippen LogP contribution in [0.25, 0.3) is 0 Å². The molecule has 0 aliphatic carbocycles. The van der Waals surface area contributed by atoms with Gasteiger partial charge in [0.05, 0.1) is 13.5 Å². The highest BCUT2D eigenvalue weighted by Gasteiger charge is 2.11. The van der Waals surface area contributed by atoms with Crippen LogP contribution in [0, 0.1) is 5.82 Å². The van der Waals surface area contributed by atoms with Crippen LogP contribution in [0.3, 0.4) is 0 Å². The van der Waals surface area contributed by atoms with Gasteiger partial charge in [-0.25, -0.2) is 4.39 Å². The molecule has 3 nitrogen and oxygen atoms in total. The molecule has 0 saturated heterocycles. The summed E-state index contributed by atoms with van der Waals surface area (Å²) in [4.78, 5) is 10.9. The van der Waals surface area contributed by atoms with E-state index in [1.807, 2.05) is 0 Å². The number of carbonyl (C=O) groups excluding carboxylic acids is 1. The van der Waals surface area contributed by atoms with E-state index in [1.54, 1.807) is 23.9 Å². The maximum Gasteiger partial charge on any atom is 0.306 e. The SMILES string of the molecule is COC(=O)CCSC(CN)c1ccc(F)cc1. The van der Waals surface area contributed by atoms with Crippen molar-refractivity contribution in [3.05, 3.63) is 35.6 Å². The molecule has 1 atom stereocenters. The summed E-state index contributed by atoms with van der Waals surface area (Å²) in [7, 11) is 1.37. The van der Waals surface area contributed by atoms with Gasteiger partial charge in [0.2, 0.25) is 0 Å². The summed E-state index contributed by atoms with van der Waals surface area (Å²) >= 11 is 1.58. The molecule has 0 radical (unpaired) electrons. The number of nitrogens with two attached hydrogens (primary N) is 1. The second-order valence-electron chi connectivity index (χ2n) is 3.47. The summed E-state index contributed by atoms with van der Waals surface area (Å²) in [5, 5.41) is 0.0836. The zero-order chi connectivity index (χ0) is 12.7. The van der Waals surface area contributed by atoms with Crippen LogP contribution in [0.15, 0.2) is 24.3 Å². The molecule has 2 N–H and O–H groups in total. The van der Waals surface area contributed by atoms with E-state index in [1.165, 1.54) is 19.2 Å². The summed E-state index contributed by atoms with van der Waals surface area (Å²) in [5.74, 6) is 0.155. The van der Waals surface area contributed by atoms with E-state index in [4.69, 9.17) is 5.73 Å². The van der Waals surface area contributed by atoms with Crippen molar-refractivity contribution < 1.29 is 13.9 Å². The van der Waals surface area contributed by atoms with Crippen LogP contribution >= 0.6 is 11.8 Å². The van der Waals surface area contributed by atoms with Gasteiger partial charge in [0, 0.05) is 17.5 Å². The van der Waals surface area contributed by atoms with Crippen LogP contribution in [0.1, 0.15) is 17.2 Å². The topological polar surface area (TPSA) is 52.3 Å². The fraction of sp³-hybridized carbons (Fsp3) is 0.417. The third-order valence-electron chi connectivity index (χ3n) is 2.31. The minimum Gasteiger partial charge on any atom is -0.469 e. The summed E-state index contributed by atoms with van der Waals surface area (Å²) in [6.07, 6.45) is 0.360. The van der Waals surface area contributed by atoms with Gasteiger partial charge in [-0.3, -0.25) is 4.79 Å². The van der Waals surface area contributed by atoms with Gasteiger partial charge in [0.15, 0.2) is 0 Å². The molecule has 0 spiro atoms. The van der Waals surface area contributed by atoms with Crippen LogP contribution < -0.4 is 5.73 Å². The Hall–Kier alpha value is -1.07. The molecule has 1 aromatic carbocycles. The Balaban J connectivity index is 2.48. The Morgan fingerprint density at radius 1 is 1.47 bits per heavy atom. The van der Waals surface area contributed by atoms with Gasteiger partial charge in [-0.1, -0.05) is 12.1 Å². The van der Waals surface area contributed by atoms with E-state index < -0.39 is 0 Å². The van der Waals surface area contributed by atoms with Gasteiger partial charge in [0.1, 0.15) is 5.82 Å². The highest BCUT2D eigenvalue weighted by atomic mass is 32.2. The third kappa shape index (κ3) is 4.75. The largest absolute Gasteiger partial charge is 0.469 e. The van der Waals surface area contributed by atoms with Crippen molar-refractivity contribution in [3.8, 4) is 0 Å². The van der Waals surface area contributed by atoms with Gasteiger partial charge >= 0.3 is 5.97 Å². The molecule has 17 heavy (non-hydrogen) atoms. The Labute approximate surface area is 105 Å². The first-order valence-electron chi connectivity index (χ1n) is 5.31. The van der Waals surface area contributed by atoms with E-state index in [0.717, 1.165) is 5.56 Å². The van der Waals surface area contributed by atoms with Crippen molar-refractivity contribution in [2.75, 3.05) is 19.4 Å². The highest BCUT2D eigenvalue weighted by Crippen LogP contribution is 2.28. The number of benzene rings is 1. The Bertz CT molecular complexity index is 356. The summed E-state index contributed by atoms with van der Waals surface area (Å²) in [6, 6.07) is 6.27. The van der Waals surface area contributed by atoms with Crippen molar-refractivity contribution in [1.29, 1.82) is 0 Å². The molecule has 0 bridgehead atoms. The lowest BCUT2D eigenvalue weighted by molar-refractivity contribution is -0.140. The first-order valence-corrected chi connectivity index (χ1v) is 6.36. The van der Waals surface area contributed by atoms with Gasteiger partial charge in [0.25, 0.3) is 0 Å². The average molecular weight is 257 g/mol. The van der Waals surface area contributed by atoms with Crippen molar-refractivity contribution >= 4 is 17.7 Å². The van der Waals surface area contributed by atoms with E-state index in [0.29, 0.717) is 18.7 Å². The standard InChI is InChI=1S/C12H16FNO2S/c1-16-12(15)6-7-17-11(8-14)9-2-4-10(13)5-3-9/h2-5,11H,6-8,14H2,1H3. The molecule has 1 aromatic rings. The molecule has 0 aromatic heterocycles. The number of esters is 1. The van der Waals surface area contributed by atoms with E-state index >= 15 is 0 Å². The normalized spacial score (nSPS) is 12.2. The molecular formula is C12H16FNO2S. The van der Waals surface area contributed by atoms with E-state index in [-0.39, 0.29) is 17.0 Å². The number of halogens is 1. The molecule has 0 aliphatic rings. The summed E-state index contributed by atoms with van der Waals surface area (Å²) in [6.45, 7) is 0.456. The smallest absolute Gasteiger partial charge is 0.306 e. The number of methoxy groups -OCH3 is 1. The molecule has 0 amide bonds. The average Bonchev–Trinajstić information content (AvgIpc) is 2.35. The molecule has 5 heteroatoms. The lowest BCUT2D eigenvalue weighted by atomic mass is 10.1. The molecule has 1 unspecified atom stereocenters. The fourth-order valence-electron chi connectivity index (χ4n) is 1.36. The second-order valence-corrected chi connectivity index (χ2v) is 4.78. The third-order valence-corrected chi connectivity index (χ3v) is 3.62. The Kier molecular flexibility index (Phi) is 6.00. The summed E-state index contributed by atoms with van der Waals surface area (Å²) in [5.41, 5.74) is 6.64. The van der Waals surface area contributed by atoms with Gasteiger partial charge in [-0.15, -0.1) is 0 Å². The second kappa shape index (κ2) is 7.29. The number of rotatable bonds is 6. The van der Waals surface area contributed by atoms with Crippen LogP contribution in [-0.2, 0) is 9.53 Å². The van der Waals surface area contributed by atoms with Gasteiger partial charge in [-0.2, -0.15) is 11.8 Å². The number of carbonyl (C=O) groups is 1. The lowest BCUT2D eigenvalue weighted by Gasteiger charge is -2.14. The number of hydrogen-bond donors (Lipinski definition) is 1. The van der Waals surface area contributed by atoms with Gasteiger partial charge < -0.3 is 10.5 Å². The van der Waals surface area contributed by atoms with Crippen molar-refractivity contribution in [1.82, 2.24) is 0 Å².